The molecule has 0 aliphatic rings. The second kappa shape index (κ2) is 6.94. The summed E-state index contributed by atoms with van der Waals surface area (Å²) in [6, 6.07) is 14.6. The van der Waals surface area contributed by atoms with Gasteiger partial charge in [-0.1, -0.05) is 41.9 Å². The van der Waals surface area contributed by atoms with Crippen molar-refractivity contribution in [2.45, 2.75) is 12.3 Å². The van der Waals surface area contributed by atoms with Crippen LogP contribution in [0.5, 0.6) is 0 Å². The predicted molar refractivity (Wildman–Crippen MR) is 96.3 cm³/mol. The number of halogens is 1. The van der Waals surface area contributed by atoms with Crippen LogP contribution in [-0.4, -0.2) is 32.4 Å². The average molecular weight is 357 g/mol. The summed E-state index contributed by atoms with van der Waals surface area (Å²) in [6.45, 7) is 1.90. The first kappa shape index (κ1) is 17.0. The lowest BCUT2D eigenvalue weighted by Crippen LogP contribution is -2.39. The standard InChI is InChI=1S/C18H17ClN4O2/c1-18(17(24)25,13-5-3-2-4-6-13)10-20-16-8-7-14(9-15(16)19)23-11-21-22-12-23/h2-9,11-12,20H,10H2,1H3,(H,24,25). The van der Waals surface area contributed by atoms with Crippen molar-refractivity contribution >= 4 is 23.3 Å². The van der Waals surface area contributed by atoms with Gasteiger partial charge in [0.05, 0.1) is 10.7 Å². The molecule has 7 heteroatoms. The van der Waals surface area contributed by atoms with Gasteiger partial charge in [-0.25, -0.2) is 0 Å². The molecule has 3 rings (SSSR count). The monoisotopic (exact) mass is 356 g/mol. The van der Waals surface area contributed by atoms with Gasteiger partial charge in [0.15, 0.2) is 0 Å². The van der Waals surface area contributed by atoms with Crippen LogP contribution in [0.2, 0.25) is 5.02 Å². The number of carboxylic acid groups (broad SMARTS) is 1. The minimum absolute atomic E-state index is 0.206. The van der Waals surface area contributed by atoms with E-state index in [-0.39, 0.29) is 6.54 Å². The van der Waals surface area contributed by atoms with Crippen molar-refractivity contribution in [3.63, 3.8) is 0 Å². The number of aliphatic carboxylic acids is 1. The Morgan fingerprint density at radius 1 is 1.20 bits per heavy atom. The smallest absolute Gasteiger partial charge is 0.315 e. The molecule has 6 nitrogen and oxygen atoms in total. The number of nitrogens with zero attached hydrogens (tertiary/aromatic N) is 3. The first-order valence-corrected chi connectivity index (χ1v) is 8.06. The van der Waals surface area contributed by atoms with Gasteiger partial charge < -0.3 is 10.4 Å². The highest BCUT2D eigenvalue weighted by atomic mass is 35.5. The van der Waals surface area contributed by atoms with E-state index in [0.29, 0.717) is 10.7 Å². The molecule has 1 atom stereocenters. The Morgan fingerprint density at radius 3 is 2.48 bits per heavy atom. The Labute approximate surface area is 150 Å². The van der Waals surface area contributed by atoms with Crippen LogP contribution in [-0.2, 0) is 10.2 Å². The molecule has 0 saturated heterocycles. The third-order valence-corrected chi connectivity index (χ3v) is 4.50. The SMILES string of the molecule is CC(CNc1ccc(-n2cnnc2)cc1Cl)(C(=O)O)c1ccccc1. The molecule has 3 aromatic rings. The third-order valence-electron chi connectivity index (χ3n) is 4.18. The number of aromatic nitrogens is 3. The molecular formula is C18H17ClN4O2. The van der Waals surface area contributed by atoms with Crippen LogP contribution in [0.4, 0.5) is 5.69 Å². The number of hydrogen-bond acceptors (Lipinski definition) is 4. The first-order valence-electron chi connectivity index (χ1n) is 7.68. The van der Waals surface area contributed by atoms with E-state index in [2.05, 4.69) is 15.5 Å². The zero-order valence-corrected chi connectivity index (χ0v) is 14.3. The van der Waals surface area contributed by atoms with Gasteiger partial charge in [0.25, 0.3) is 0 Å². The van der Waals surface area contributed by atoms with Crippen molar-refractivity contribution in [2.75, 3.05) is 11.9 Å². The van der Waals surface area contributed by atoms with Crippen molar-refractivity contribution in [1.29, 1.82) is 0 Å². The number of hydrogen-bond donors (Lipinski definition) is 2. The first-order chi connectivity index (χ1) is 12.0. The highest BCUT2D eigenvalue weighted by molar-refractivity contribution is 6.33. The normalized spacial score (nSPS) is 13.2. The van der Waals surface area contributed by atoms with Crippen LogP contribution < -0.4 is 5.32 Å². The largest absolute Gasteiger partial charge is 0.481 e. The fourth-order valence-electron chi connectivity index (χ4n) is 2.52. The zero-order valence-electron chi connectivity index (χ0n) is 13.6. The second-order valence-electron chi connectivity index (χ2n) is 5.89. The van der Waals surface area contributed by atoms with E-state index in [0.717, 1.165) is 11.3 Å². The molecule has 2 aromatic carbocycles. The van der Waals surface area contributed by atoms with Crippen LogP contribution in [0, 0.1) is 0 Å². The lowest BCUT2D eigenvalue weighted by molar-refractivity contribution is -0.142. The Hall–Kier alpha value is -2.86. The van der Waals surface area contributed by atoms with Gasteiger partial charge in [0.1, 0.15) is 18.1 Å². The number of rotatable bonds is 6. The van der Waals surface area contributed by atoms with Crippen molar-refractivity contribution in [2.24, 2.45) is 0 Å². The minimum Gasteiger partial charge on any atom is -0.481 e. The summed E-state index contributed by atoms with van der Waals surface area (Å²) >= 11 is 6.34. The minimum atomic E-state index is -1.07. The van der Waals surface area contributed by atoms with Crippen molar-refractivity contribution in [3.05, 3.63) is 71.8 Å². The lowest BCUT2D eigenvalue weighted by atomic mass is 9.82. The molecule has 0 aliphatic heterocycles. The molecule has 0 radical (unpaired) electrons. The van der Waals surface area contributed by atoms with Crippen LogP contribution >= 0.6 is 11.6 Å². The predicted octanol–water partition coefficient (Wildman–Crippen LogP) is 3.38. The Morgan fingerprint density at radius 2 is 1.88 bits per heavy atom. The van der Waals surface area contributed by atoms with Gasteiger partial charge in [-0.15, -0.1) is 10.2 Å². The quantitative estimate of drug-likeness (QED) is 0.707. The summed E-state index contributed by atoms with van der Waals surface area (Å²) in [5, 5.41) is 20.9. The van der Waals surface area contributed by atoms with E-state index in [1.165, 1.54) is 0 Å². The van der Waals surface area contributed by atoms with E-state index in [1.807, 2.05) is 42.5 Å². The van der Waals surface area contributed by atoms with E-state index in [9.17, 15) is 9.90 Å². The number of carboxylic acids is 1. The van der Waals surface area contributed by atoms with Crippen LogP contribution in [0.15, 0.2) is 61.2 Å². The van der Waals surface area contributed by atoms with Crippen molar-refractivity contribution in [3.8, 4) is 5.69 Å². The maximum Gasteiger partial charge on any atom is 0.315 e. The van der Waals surface area contributed by atoms with Gasteiger partial charge in [0, 0.05) is 12.2 Å². The highest BCUT2D eigenvalue weighted by Crippen LogP contribution is 2.28. The molecule has 0 aliphatic carbocycles. The lowest BCUT2D eigenvalue weighted by Gasteiger charge is -2.26. The fraction of sp³-hybridized carbons (Fsp3) is 0.167. The van der Waals surface area contributed by atoms with Gasteiger partial charge >= 0.3 is 5.97 Å². The third kappa shape index (κ3) is 3.49. The van der Waals surface area contributed by atoms with Gasteiger partial charge in [-0.05, 0) is 30.7 Å². The summed E-state index contributed by atoms with van der Waals surface area (Å²) in [4.78, 5) is 11.8. The number of nitrogens with one attached hydrogen (secondary N) is 1. The number of carbonyl (C=O) groups is 1. The zero-order chi connectivity index (χ0) is 17.9. The molecule has 25 heavy (non-hydrogen) atoms. The maximum absolute atomic E-state index is 11.8. The second-order valence-corrected chi connectivity index (χ2v) is 6.30. The van der Waals surface area contributed by atoms with Crippen LogP contribution in [0.3, 0.4) is 0 Å². The summed E-state index contributed by atoms with van der Waals surface area (Å²) < 4.78 is 1.74. The van der Waals surface area contributed by atoms with E-state index < -0.39 is 11.4 Å². The van der Waals surface area contributed by atoms with Crippen LogP contribution in [0.25, 0.3) is 5.69 Å². The summed E-state index contributed by atoms with van der Waals surface area (Å²) in [5.41, 5.74) is 1.15. The number of benzene rings is 2. The average Bonchev–Trinajstić information content (AvgIpc) is 3.15. The topological polar surface area (TPSA) is 80.0 Å². The molecule has 0 amide bonds. The van der Waals surface area contributed by atoms with Gasteiger partial charge in [-0.2, -0.15) is 0 Å². The van der Waals surface area contributed by atoms with Gasteiger partial charge in [0.2, 0.25) is 0 Å². The maximum atomic E-state index is 11.8. The number of anilines is 1. The van der Waals surface area contributed by atoms with E-state index in [4.69, 9.17) is 11.6 Å². The molecule has 128 valence electrons. The summed E-state index contributed by atoms with van der Waals surface area (Å²) in [7, 11) is 0. The van der Waals surface area contributed by atoms with Crippen LogP contribution in [0.1, 0.15) is 12.5 Å². The molecular weight excluding hydrogens is 340 g/mol. The van der Waals surface area contributed by atoms with E-state index >= 15 is 0 Å². The molecule has 0 fully saturated rings. The van der Waals surface area contributed by atoms with Gasteiger partial charge in [-0.3, -0.25) is 9.36 Å². The molecule has 1 unspecified atom stereocenters. The van der Waals surface area contributed by atoms with Crippen molar-refractivity contribution < 1.29 is 9.90 Å². The van der Waals surface area contributed by atoms with Crippen molar-refractivity contribution in [1.82, 2.24) is 14.8 Å². The van der Waals surface area contributed by atoms with E-state index in [1.54, 1.807) is 30.2 Å². The Bertz CT molecular complexity index is 868. The molecule has 1 heterocycles. The Kier molecular flexibility index (Phi) is 4.72. The Balaban J connectivity index is 1.81. The molecule has 0 spiro atoms. The summed E-state index contributed by atoms with van der Waals surface area (Å²) in [6.07, 6.45) is 3.16. The molecule has 0 bridgehead atoms. The highest BCUT2D eigenvalue weighted by Gasteiger charge is 2.35. The molecule has 0 saturated carbocycles. The summed E-state index contributed by atoms with van der Waals surface area (Å²) in [5.74, 6) is -0.900. The molecule has 2 N–H and O–H groups in total. The molecule has 1 aromatic heterocycles. The fourth-order valence-corrected chi connectivity index (χ4v) is 2.76.